The van der Waals surface area contributed by atoms with Crippen molar-refractivity contribution >= 4 is 5.78 Å². The minimum absolute atomic E-state index is 0.0767. The highest BCUT2D eigenvalue weighted by Gasteiger charge is 2.12. The molecule has 90 valence electrons. The number of hydrogen-bond donors (Lipinski definition) is 0. The lowest BCUT2D eigenvalue weighted by Gasteiger charge is -2.05. The summed E-state index contributed by atoms with van der Waals surface area (Å²) < 4.78 is 1.80. The van der Waals surface area contributed by atoms with Crippen LogP contribution in [0, 0.1) is 11.3 Å². The Morgan fingerprint density at radius 3 is 2.61 bits per heavy atom. The van der Waals surface area contributed by atoms with Crippen LogP contribution in [-0.2, 0) is 19.9 Å². The molecule has 1 heterocycles. The number of rotatable bonds is 4. The molecule has 2 rings (SSSR count). The third kappa shape index (κ3) is 2.49. The van der Waals surface area contributed by atoms with Crippen molar-refractivity contribution in [2.75, 3.05) is 0 Å². The van der Waals surface area contributed by atoms with Crippen LogP contribution in [0.5, 0.6) is 0 Å². The van der Waals surface area contributed by atoms with Crippen LogP contribution in [0.25, 0.3) is 0 Å². The van der Waals surface area contributed by atoms with E-state index in [1.54, 1.807) is 10.6 Å². The highest BCUT2D eigenvalue weighted by atomic mass is 16.1. The van der Waals surface area contributed by atoms with Crippen LogP contribution in [0.2, 0.25) is 0 Å². The van der Waals surface area contributed by atoms with Crippen LogP contribution in [-0.4, -0.2) is 10.4 Å². The highest BCUT2D eigenvalue weighted by molar-refractivity contribution is 5.96. The molecular formula is C15H14N2O. The SMILES string of the molecule is Cn1c(CC#N)ccc1C(=O)Cc1ccccc1. The Kier molecular flexibility index (Phi) is 3.59. The molecule has 18 heavy (non-hydrogen) atoms. The minimum Gasteiger partial charge on any atom is -0.344 e. The number of ketones is 1. The maximum atomic E-state index is 12.1. The molecule has 0 atom stereocenters. The van der Waals surface area contributed by atoms with E-state index in [1.807, 2.05) is 43.4 Å². The fourth-order valence-electron chi connectivity index (χ4n) is 1.96. The van der Waals surface area contributed by atoms with Gasteiger partial charge in [-0.25, -0.2) is 0 Å². The topological polar surface area (TPSA) is 45.8 Å². The van der Waals surface area contributed by atoms with E-state index in [9.17, 15) is 4.79 Å². The summed E-state index contributed by atoms with van der Waals surface area (Å²) in [5.74, 6) is 0.0767. The van der Waals surface area contributed by atoms with Crippen LogP contribution in [0.4, 0.5) is 0 Å². The van der Waals surface area contributed by atoms with Crippen molar-refractivity contribution in [3.8, 4) is 6.07 Å². The first-order valence-electron chi connectivity index (χ1n) is 5.81. The van der Waals surface area contributed by atoms with Crippen LogP contribution in [0.1, 0.15) is 21.7 Å². The lowest BCUT2D eigenvalue weighted by molar-refractivity contribution is 0.0985. The van der Waals surface area contributed by atoms with Crippen LogP contribution >= 0.6 is 0 Å². The Bertz CT molecular complexity index is 591. The molecule has 0 N–H and O–H groups in total. The zero-order chi connectivity index (χ0) is 13.0. The van der Waals surface area contributed by atoms with Crippen LogP contribution in [0.3, 0.4) is 0 Å². The smallest absolute Gasteiger partial charge is 0.183 e. The van der Waals surface area contributed by atoms with E-state index in [0.29, 0.717) is 18.5 Å². The van der Waals surface area contributed by atoms with E-state index >= 15 is 0 Å². The fraction of sp³-hybridized carbons (Fsp3) is 0.200. The van der Waals surface area contributed by atoms with Crippen molar-refractivity contribution < 1.29 is 4.79 Å². The first-order chi connectivity index (χ1) is 8.72. The first-order valence-corrected chi connectivity index (χ1v) is 5.81. The van der Waals surface area contributed by atoms with E-state index in [1.165, 1.54) is 0 Å². The number of aromatic nitrogens is 1. The second-order valence-electron chi connectivity index (χ2n) is 4.19. The van der Waals surface area contributed by atoms with Gasteiger partial charge >= 0.3 is 0 Å². The summed E-state index contributed by atoms with van der Waals surface area (Å²) in [6, 6.07) is 15.4. The summed E-state index contributed by atoms with van der Waals surface area (Å²) in [6.07, 6.45) is 0.722. The van der Waals surface area contributed by atoms with Crippen molar-refractivity contribution in [3.05, 3.63) is 59.4 Å². The largest absolute Gasteiger partial charge is 0.344 e. The zero-order valence-corrected chi connectivity index (χ0v) is 10.3. The third-order valence-electron chi connectivity index (χ3n) is 2.98. The Hall–Kier alpha value is -2.34. The zero-order valence-electron chi connectivity index (χ0n) is 10.3. The molecule has 2 aromatic rings. The summed E-state index contributed by atoms with van der Waals surface area (Å²) in [5.41, 5.74) is 2.53. The number of carbonyl (C=O) groups is 1. The van der Waals surface area contributed by atoms with Crippen LogP contribution in [0.15, 0.2) is 42.5 Å². The molecular weight excluding hydrogens is 224 g/mol. The van der Waals surface area contributed by atoms with Gasteiger partial charge in [-0.3, -0.25) is 4.79 Å². The lowest BCUT2D eigenvalue weighted by Crippen LogP contribution is -2.10. The van der Waals surface area contributed by atoms with Crippen LogP contribution < -0.4 is 0 Å². The average molecular weight is 238 g/mol. The normalized spacial score (nSPS) is 10.0. The Morgan fingerprint density at radius 2 is 1.94 bits per heavy atom. The highest BCUT2D eigenvalue weighted by Crippen LogP contribution is 2.11. The summed E-state index contributed by atoms with van der Waals surface area (Å²) >= 11 is 0. The van der Waals surface area contributed by atoms with Gasteiger partial charge in [-0.05, 0) is 17.7 Å². The quantitative estimate of drug-likeness (QED) is 0.768. The molecule has 0 bridgehead atoms. The molecule has 3 nitrogen and oxygen atoms in total. The number of nitrogens with zero attached hydrogens (tertiary/aromatic N) is 2. The molecule has 3 heteroatoms. The number of benzene rings is 1. The lowest BCUT2D eigenvalue weighted by atomic mass is 10.1. The molecule has 0 aliphatic carbocycles. The molecule has 0 aliphatic heterocycles. The molecule has 0 saturated heterocycles. The summed E-state index contributed by atoms with van der Waals surface area (Å²) in [4.78, 5) is 12.1. The van der Waals surface area contributed by atoms with Gasteiger partial charge in [0.25, 0.3) is 0 Å². The molecule has 0 fully saturated rings. The van der Waals surface area contributed by atoms with E-state index in [2.05, 4.69) is 6.07 Å². The van der Waals surface area contributed by atoms with Crippen molar-refractivity contribution in [3.63, 3.8) is 0 Å². The van der Waals surface area contributed by atoms with E-state index < -0.39 is 0 Å². The Morgan fingerprint density at radius 1 is 1.22 bits per heavy atom. The van der Waals surface area contributed by atoms with Gasteiger partial charge in [0.05, 0.1) is 18.2 Å². The molecule has 0 unspecified atom stereocenters. The maximum absolute atomic E-state index is 12.1. The predicted molar refractivity (Wildman–Crippen MR) is 69.2 cm³/mol. The maximum Gasteiger partial charge on any atom is 0.183 e. The third-order valence-corrected chi connectivity index (χ3v) is 2.98. The van der Waals surface area contributed by atoms with Gasteiger partial charge in [-0.2, -0.15) is 5.26 Å². The van der Waals surface area contributed by atoms with Gasteiger partial charge in [0, 0.05) is 19.2 Å². The minimum atomic E-state index is 0.0767. The van der Waals surface area contributed by atoms with Gasteiger partial charge in [0.2, 0.25) is 0 Å². The van der Waals surface area contributed by atoms with Gasteiger partial charge in [0.1, 0.15) is 0 Å². The van der Waals surface area contributed by atoms with Crippen molar-refractivity contribution in [1.29, 1.82) is 5.26 Å². The Balaban J connectivity index is 2.17. The fourth-order valence-corrected chi connectivity index (χ4v) is 1.96. The number of nitriles is 1. The second-order valence-corrected chi connectivity index (χ2v) is 4.19. The molecule has 0 radical (unpaired) electrons. The summed E-state index contributed by atoms with van der Waals surface area (Å²) in [6.45, 7) is 0. The molecule has 1 aromatic carbocycles. The average Bonchev–Trinajstić information content (AvgIpc) is 2.73. The van der Waals surface area contributed by atoms with E-state index in [-0.39, 0.29) is 5.78 Å². The monoisotopic (exact) mass is 238 g/mol. The molecule has 0 spiro atoms. The Labute approximate surface area is 106 Å². The van der Waals surface area contributed by atoms with Crippen molar-refractivity contribution in [1.82, 2.24) is 4.57 Å². The van der Waals surface area contributed by atoms with Crippen molar-refractivity contribution in [2.45, 2.75) is 12.8 Å². The van der Waals surface area contributed by atoms with Gasteiger partial charge in [-0.1, -0.05) is 30.3 Å². The first kappa shape index (κ1) is 12.1. The number of Topliss-reactive ketones (excluding diaryl/α,β-unsaturated/α-hetero) is 1. The van der Waals surface area contributed by atoms with Gasteiger partial charge in [0.15, 0.2) is 5.78 Å². The number of carbonyl (C=O) groups excluding carboxylic acids is 1. The van der Waals surface area contributed by atoms with E-state index in [0.717, 1.165) is 11.3 Å². The summed E-state index contributed by atoms with van der Waals surface area (Å²) in [5, 5.41) is 8.68. The predicted octanol–water partition coefficient (Wildman–Crippen LogP) is 2.52. The molecule has 1 aromatic heterocycles. The van der Waals surface area contributed by atoms with Gasteiger partial charge in [-0.15, -0.1) is 0 Å². The molecule has 0 saturated carbocycles. The van der Waals surface area contributed by atoms with E-state index in [4.69, 9.17) is 5.26 Å². The second kappa shape index (κ2) is 5.33. The van der Waals surface area contributed by atoms with Crippen molar-refractivity contribution in [2.24, 2.45) is 7.05 Å². The molecule has 0 aliphatic rings. The number of hydrogen-bond acceptors (Lipinski definition) is 2. The standard InChI is InChI=1S/C15H14N2O/c1-17-13(9-10-16)7-8-14(17)15(18)11-12-5-3-2-4-6-12/h2-8H,9,11H2,1H3. The summed E-state index contributed by atoms with van der Waals surface area (Å²) in [7, 11) is 1.82. The molecule has 0 amide bonds. The van der Waals surface area contributed by atoms with Gasteiger partial charge < -0.3 is 4.57 Å².